The van der Waals surface area contributed by atoms with E-state index >= 15 is 0 Å². The van der Waals surface area contributed by atoms with Gasteiger partial charge in [0.05, 0.1) is 5.03 Å². The van der Waals surface area contributed by atoms with Crippen molar-refractivity contribution in [3.05, 3.63) is 29.4 Å². The highest BCUT2D eigenvalue weighted by atomic mass is 35.5. The lowest BCUT2D eigenvalue weighted by Gasteiger charge is -1.99. The largest absolute Gasteiger partial charge is 0.383 e. The van der Waals surface area contributed by atoms with Gasteiger partial charge in [-0.25, -0.2) is 4.98 Å². The molecule has 0 atom stereocenters. The molecular weight excluding hydrogens is 183 g/mol. The third-order valence-electron chi connectivity index (χ3n) is 1.19. The predicted molar refractivity (Wildman–Crippen MR) is 48.3 cm³/mol. The fourth-order valence-electron chi connectivity index (χ4n) is 0.678. The van der Waals surface area contributed by atoms with Gasteiger partial charge in [0.25, 0.3) is 0 Å². The number of nitrogens with two attached hydrogens (primary N) is 1. The van der Waals surface area contributed by atoms with E-state index < -0.39 is 0 Å². The quantitative estimate of drug-likeness (QED) is 0.736. The molecule has 0 radical (unpaired) electrons. The number of hydrogen-bond acceptors (Lipinski definition) is 2. The number of anilines is 1. The van der Waals surface area contributed by atoms with Crippen molar-refractivity contribution >= 4 is 34.1 Å². The van der Waals surface area contributed by atoms with Gasteiger partial charge in [0, 0.05) is 17.3 Å². The first-order valence-electron chi connectivity index (χ1n) is 2.92. The molecule has 0 aromatic carbocycles. The Morgan fingerprint density at radius 3 is 2.91 bits per heavy atom. The molecule has 0 aliphatic rings. The minimum atomic E-state index is 0.384. The molecule has 0 aliphatic heterocycles. The van der Waals surface area contributed by atoms with Crippen molar-refractivity contribution in [1.29, 1.82) is 0 Å². The maximum absolute atomic E-state index is 5.71. The second-order valence-electron chi connectivity index (χ2n) is 1.89. The van der Waals surface area contributed by atoms with Crippen LogP contribution < -0.4 is 5.73 Å². The van der Waals surface area contributed by atoms with Gasteiger partial charge in [-0.15, -0.1) is 0 Å². The molecule has 1 rings (SSSR count). The molecular formula is C7H6Cl2N2. The molecule has 1 aromatic rings. The van der Waals surface area contributed by atoms with Crippen LogP contribution >= 0.6 is 23.2 Å². The van der Waals surface area contributed by atoms with Crippen molar-refractivity contribution in [2.45, 2.75) is 0 Å². The Balaban J connectivity index is 3.14. The zero-order chi connectivity index (χ0) is 8.27. The lowest BCUT2D eigenvalue weighted by Crippen LogP contribution is -1.93. The van der Waals surface area contributed by atoms with Crippen LogP contribution in [-0.2, 0) is 0 Å². The average Bonchev–Trinajstić information content (AvgIpc) is 2.04. The van der Waals surface area contributed by atoms with Crippen LogP contribution in [-0.4, -0.2) is 4.98 Å². The van der Waals surface area contributed by atoms with Crippen LogP contribution in [0.1, 0.15) is 5.56 Å². The van der Waals surface area contributed by atoms with E-state index in [1.807, 2.05) is 0 Å². The second kappa shape index (κ2) is 3.60. The van der Waals surface area contributed by atoms with Gasteiger partial charge in [-0.1, -0.05) is 23.2 Å². The number of pyridine rings is 1. The van der Waals surface area contributed by atoms with Crippen molar-refractivity contribution in [1.82, 2.24) is 4.98 Å². The molecule has 0 saturated carbocycles. The molecule has 0 amide bonds. The van der Waals surface area contributed by atoms with Gasteiger partial charge in [-0.05, 0) is 12.1 Å². The molecule has 11 heavy (non-hydrogen) atoms. The maximum Gasteiger partial charge on any atom is 0.132 e. The fourth-order valence-corrected chi connectivity index (χ4v) is 0.956. The van der Waals surface area contributed by atoms with Crippen molar-refractivity contribution < 1.29 is 0 Å². The molecule has 58 valence electrons. The third-order valence-corrected chi connectivity index (χ3v) is 1.83. The summed E-state index contributed by atoms with van der Waals surface area (Å²) in [4.78, 5) is 3.84. The van der Waals surface area contributed by atoms with Crippen LogP contribution in [0, 0.1) is 0 Å². The second-order valence-corrected chi connectivity index (χ2v) is 2.52. The maximum atomic E-state index is 5.71. The molecule has 2 nitrogen and oxygen atoms in total. The van der Waals surface area contributed by atoms with E-state index in [1.54, 1.807) is 18.3 Å². The van der Waals surface area contributed by atoms with Gasteiger partial charge < -0.3 is 5.73 Å². The summed E-state index contributed by atoms with van der Waals surface area (Å²) in [5, 5.41) is 0.400. The highest BCUT2D eigenvalue weighted by molar-refractivity contribution is 6.53. The lowest BCUT2D eigenvalue weighted by molar-refractivity contribution is 1.32. The summed E-state index contributed by atoms with van der Waals surface area (Å²) in [6.45, 7) is 0. The monoisotopic (exact) mass is 188 g/mol. The Morgan fingerprint density at radius 2 is 2.36 bits per heavy atom. The zero-order valence-electron chi connectivity index (χ0n) is 5.59. The smallest absolute Gasteiger partial charge is 0.132 e. The van der Waals surface area contributed by atoms with Gasteiger partial charge in [0.15, 0.2) is 0 Å². The van der Waals surface area contributed by atoms with Gasteiger partial charge in [-0.3, -0.25) is 0 Å². The molecule has 1 aromatic heterocycles. The van der Waals surface area contributed by atoms with Crippen molar-refractivity contribution in [2.24, 2.45) is 0 Å². The molecule has 0 fully saturated rings. The van der Waals surface area contributed by atoms with Crippen LogP contribution in [0.3, 0.4) is 0 Å². The summed E-state index contributed by atoms with van der Waals surface area (Å²) < 4.78 is 0. The van der Waals surface area contributed by atoms with Crippen LogP contribution in [0.5, 0.6) is 0 Å². The summed E-state index contributed by atoms with van der Waals surface area (Å²) in [7, 11) is 0. The first-order valence-corrected chi connectivity index (χ1v) is 3.74. The zero-order valence-corrected chi connectivity index (χ0v) is 7.10. The number of aromatic nitrogens is 1. The Hall–Kier alpha value is -0.730. The normalized spacial score (nSPS) is 11.6. The SMILES string of the molecule is Nc1ncccc1C(Cl)=CCl. The first-order chi connectivity index (χ1) is 5.25. The van der Waals surface area contributed by atoms with Crippen molar-refractivity contribution in [2.75, 3.05) is 5.73 Å². The van der Waals surface area contributed by atoms with E-state index in [-0.39, 0.29) is 0 Å². The first kappa shape index (κ1) is 8.37. The molecule has 2 N–H and O–H groups in total. The van der Waals surface area contributed by atoms with Crippen LogP contribution in [0.25, 0.3) is 5.03 Å². The van der Waals surface area contributed by atoms with E-state index in [0.717, 1.165) is 0 Å². The van der Waals surface area contributed by atoms with E-state index in [4.69, 9.17) is 28.9 Å². The van der Waals surface area contributed by atoms with Crippen LogP contribution in [0.4, 0.5) is 5.82 Å². The topological polar surface area (TPSA) is 38.9 Å². The van der Waals surface area contributed by atoms with E-state index in [0.29, 0.717) is 16.4 Å². The van der Waals surface area contributed by atoms with Gasteiger partial charge in [0.2, 0.25) is 0 Å². The van der Waals surface area contributed by atoms with Gasteiger partial charge in [-0.2, -0.15) is 0 Å². The van der Waals surface area contributed by atoms with Crippen LogP contribution in [0.2, 0.25) is 0 Å². The highest BCUT2D eigenvalue weighted by Gasteiger charge is 2.01. The highest BCUT2D eigenvalue weighted by Crippen LogP contribution is 2.22. The van der Waals surface area contributed by atoms with E-state index in [9.17, 15) is 0 Å². The molecule has 0 saturated heterocycles. The summed E-state index contributed by atoms with van der Waals surface area (Å²) in [6, 6.07) is 3.50. The Bertz CT molecular complexity index is 284. The fraction of sp³-hybridized carbons (Fsp3) is 0. The molecule has 0 unspecified atom stereocenters. The number of nitrogens with zero attached hydrogens (tertiary/aromatic N) is 1. The number of hydrogen-bond donors (Lipinski definition) is 1. The Labute approximate surface area is 74.6 Å². The Kier molecular flexibility index (Phi) is 2.74. The van der Waals surface area contributed by atoms with Gasteiger partial charge >= 0.3 is 0 Å². The number of halogens is 2. The molecule has 1 heterocycles. The molecule has 4 heteroatoms. The minimum absolute atomic E-state index is 0.384. The standard InChI is InChI=1S/C7H6Cl2N2/c8-4-6(9)5-2-1-3-11-7(5)10/h1-4H,(H2,10,11). The van der Waals surface area contributed by atoms with Gasteiger partial charge in [0.1, 0.15) is 5.82 Å². The lowest BCUT2D eigenvalue weighted by atomic mass is 10.2. The van der Waals surface area contributed by atoms with E-state index in [2.05, 4.69) is 4.98 Å². The summed E-state index contributed by atoms with van der Waals surface area (Å²) in [6.07, 6.45) is 1.59. The molecule has 0 bridgehead atoms. The van der Waals surface area contributed by atoms with Crippen molar-refractivity contribution in [3.63, 3.8) is 0 Å². The molecule has 0 aliphatic carbocycles. The number of rotatable bonds is 1. The van der Waals surface area contributed by atoms with E-state index in [1.165, 1.54) is 5.54 Å². The third kappa shape index (κ3) is 1.85. The summed E-state index contributed by atoms with van der Waals surface area (Å²) in [5.41, 5.74) is 7.42. The Morgan fingerprint density at radius 1 is 1.64 bits per heavy atom. The molecule has 0 spiro atoms. The van der Waals surface area contributed by atoms with Crippen LogP contribution in [0.15, 0.2) is 23.9 Å². The summed E-state index contributed by atoms with van der Waals surface area (Å²) >= 11 is 11.1. The van der Waals surface area contributed by atoms with Crippen molar-refractivity contribution in [3.8, 4) is 0 Å². The number of nitrogen functional groups attached to an aromatic ring is 1. The summed E-state index contributed by atoms with van der Waals surface area (Å²) in [5.74, 6) is 0.384. The minimum Gasteiger partial charge on any atom is -0.383 e. The predicted octanol–water partition coefficient (Wildman–Crippen LogP) is 2.44. The average molecular weight is 189 g/mol.